The number of methoxy groups -OCH3 is 2. The topological polar surface area (TPSA) is 266 Å². The molecule has 0 radical (unpaired) electrons. The Morgan fingerprint density at radius 2 is 1.10 bits per heavy atom. The van der Waals surface area contributed by atoms with Crippen LogP contribution in [0.25, 0.3) is 0 Å². The molecule has 7 aliphatic heterocycles. The van der Waals surface area contributed by atoms with Gasteiger partial charge in [-0.05, 0) is 26.7 Å². The van der Waals surface area contributed by atoms with Crippen molar-refractivity contribution in [1.82, 2.24) is 31.1 Å². The number of amides is 2. The highest BCUT2D eigenvalue weighted by molar-refractivity contribution is 8.77. The maximum atomic E-state index is 14.3. The van der Waals surface area contributed by atoms with Crippen molar-refractivity contribution in [3.05, 3.63) is 45.1 Å². The molecule has 18 nitrogen and oxygen atoms in total. The van der Waals surface area contributed by atoms with E-state index in [4.69, 9.17) is 30.4 Å². The number of carbonyl (C=O) groups excluding carboxylic acids is 6. The lowest BCUT2D eigenvalue weighted by molar-refractivity contribution is -0.137. The second-order valence-corrected chi connectivity index (χ2v) is 19.2. The first kappa shape index (κ1) is 39.4. The molecule has 20 heteroatoms. The third-order valence-corrected chi connectivity index (χ3v) is 16.9. The van der Waals surface area contributed by atoms with Gasteiger partial charge in [0.15, 0.2) is 11.4 Å². The zero-order chi connectivity index (χ0) is 41.0. The van der Waals surface area contributed by atoms with Gasteiger partial charge in [0, 0.05) is 85.3 Å². The first-order valence-corrected chi connectivity index (χ1v) is 22.0. The molecule has 9 aliphatic rings. The molecule has 10 atom stereocenters. The number of carbonyl (C=O) groups is 6. The molecule has 2 amide bonds. The van der Waals surface area contributed by atoms with Gasteiger partial charge in [-0.25, -0.2) is 9.59 Å². The normalized spacial score (nSPS) is 37.2. The monoisotopic (exact) mass is 840 g/mol. The van der Waals surface area contributed by atoms with Crippen LogP contribution < -0.4 is 32.7 Å². The Morgan fingerprint density at radius 3 is 1.47 bits per heavy atom. The number of fused-ring (bicyclic) bond motifs is 8. The van der Waals surface area contributed by atoms with Crippen molar-refractivity contribution < 1.29 is 47.7 Å². The molecule has 2 aliphatic carbocycles. The fourth-order valence-corrected chi connectivity index (χ4v) is 13.8. The van der Waals surface area contributed by atoms with E-state index < -0.39 is 35.5 Å². The number of rotatable bonds is 12. The van der Waals surface area contributed by atoms with Gasteiger partial charge in [0.1, 0.15) is 13.2 Å². The van der Waals surface area contributed by atoms with Crippen LogP contribution >= 0.6 is 21.6 Å². The summed E-state index contributed by atoms with van der Waals surface area (Å²) in [5.74, 6) is -2.59. The lowest BCUT2D eigenvalue weighted by Crippen LogP contribution is -2.55. The van der Waals surface area contributed by atoms with Gasteiger partial charge in [-0.15, -0.1) is 0 Å². The summed E-state index contributed by atoms with van der Waals surface area (Å²) in [4.78, 5) is 83.8. The number of allylic oxidation sites excluding steroid dienone is 4. The molecule has 0 saturated carbocycles. The summed E-state index contributed by atoms with van der Waals surface area (Å²) < 4.78 is 22.7. The Labute approximate surface area is 342 Å². The van der Waals surface area contributed by atoms with Gasteiger partial charge in [0.25, 0.3) is 0 Å². The lowest BCUT2D eigenvalue weighted by atomic mass is 9.82. The SMILES string of the molecule is CO[C@@]12[C@H](COC(N)=O)C3=C(C(=O)C(C)=C(NCC4CCCCC(CNC5=C(C)C(=O)C6=C(C5=O)[C@@H](COC(N)=O)[C@@]5(OC)[C@H]7N[C@H]7CN65)SS4)C3=O)N1C[C@@H]1N[C@@H]12. The smallest absolute Gasteiger partial charge is 0.404 e. The Bertz CT molecular complexity index is 1910. The summed E-state index contributed by atoms with van der Waals surface area (Å²) in [5, 5.41) is 13.6. The Balaban J connectivity index is 0.858. The number of ketones is 4. The first-order chi connectivity index (χ1) is 27.8. The van der Waals surface area contributed by atoms with Crippen LogP contribution in [0.15, 0.2) is 45.1 Å². The average Bonchev–Trinajstić information content (AvgIpc) is 4.02. The second kappa shape index (κ2) is 14.3. The molecular weight excluding hydrogens is 793 g/mol. The lowest BCUT2D eigenvalue weighted by Gasteiger charge is -2.39. The molecule has 2 unspecified atom stereocenters. The first-order valence-electron chi connectivity index (χ1n) is 19.7. The fraction of sp³-hybridized carbons (Fsp3) is 0.632. The Morgan fingerprint density at radius 1 is 0.707 bits per heavy atom. The number of nitrogens with zero attached hydrogens (tertiary/aromatic N) is 2. The predicted molar refractivity (Wildman–Crippen MR) is 209 cm³/mol. The summed E-state index contributed by atoms with van der Waals surface area (Å²) in [6, 6.07) is -0.0736. The van der Waals surface area contributed by atoms with E-state index in [-0.39, 0.29) is 93.6 Å². The molecule has 0 aromatic heterocycles. The molecule has 7 heterocycles. The largest absolute Gasteiger partial charge is 0.449 e. The molecular formula is C38H48N8O10S2. The zero-order valence-corrected chi connectivity index (χ0v) is 34.3. The van der Waals surface area contributed by atoms with Crippen molar-refractivity contribution in [3.63, 3.8) is 0 Å². The van der Waals surface area contributed by atoms with Crippen LogP contribution in [0.3, 0.4) is 0 Å². The minimum Gasteiger partial charge on any atom is -0.449 e. The van der Waals surface area contributed by atoms with E-state index in [0.717, 1.165) is 25.7 Å². The van der Waals surface area contributed by atoms with Crippen LogP contribution in [0.4, 0.5) is 9.59 Å². The molecule has 5 saturated heterocycles. The van der Waals surface area contributed by atoms with Gasteiger partial charge >= 0.3 is 12.2 Å². The number of ether oxygens (including phenoxy) is 4. The Kier molecular flexibility index (Phi) is 9.70. The van der Waals surface area contributed by atoms with E-state index in [1.54, 1.807) is 35.4 Å². The molecule has 8 N–H and O–H groups in total. The van der Waals surface area contributed by atoms with E-state index in [1.807, 2.05) is 9.80 Å². The number of nitrogens with one attached hydrogen (secondary N) is 4. The summed E-state index contributed by atoms with van der Waals surface area (Å²) in [5.41, 5.74) is 10.9. The number of Topliss-reactive ketones (excluding diaryl/α,β-unsaturated/α-hetero) is 4. The van der Waals surface area contributed by atoms with Crippen molar-refractivity contribution in [2.24, 2.45) is 23.3 Å². The highest BCUT2D eigenvalue weighted by Gasteiger charge is 2.74. The molecule has 0 bridgehead atoms. The summed E-state index contributed by atoms with van der Waals surface area (Å²) in [6.45, 7) is 4.75. The van der Waals surface area contributed by atoms with Crippen molar-refractivity contribution in [1.29, 1.82) is 0 Å². The summed E-state index contributed by atoms with van der Waals surface area (Å²) in [6.07, 6.45) is 1.69. The van der Waals surface area contributed by atoms with E-state index >= 15 is 0 Å². The highest BCUT2D eigenvalue weighted by atomic mass is 33.1. The zero-order valence-electron chi connectivity index (χ0n) is 32.6. The second-order valence-electron chi connectivity index (χ2n) is 16.3. The fourth-order valence-electron chi connectivity index (χ4n) is 10.7. The summed E-state index contributed by atoms with van der Waals surface area (Å²) in [7, 11) is 6.46. The molecule has 0 aromatic carbocycles. The third kappa shape index (κ3) is 5.68. The van der Waals surface area contributed by atoms with Crippen LogP contribution in [0.5, 0.6) is 0 Å². The molecule has 9 rings (SSSR count). The van der Waals surface area contributed by atoms with Crippen molar-refractivity contribution in [3.8, 4) is 0 Å². The van der Waals surface area contributed by atoms with Crippen LogP contribution in [-0.4, -0.2) is 145 Å². The molecule has 0 spiro atoms. The molecule has 5 fully saturated rings. The van der Waals surface area contributed by atoms with E-state index in [2.05, 4.69) is 21.3 Å². The van der Waals surface area contributed by atoms with Crippen LogP contribution in [-0.2, 0) is 38.1 Å². The predicted octanol–water partition coefficient (Wildman–Crippen LogP) is -0.334. The van der Waals surface area contributed by atoms with Crippen LogP contribution in [0.2, 0.25) is 0 Å². The van der Waals surface area contributed by atoms with Crippen molar-refractivity contribution in [2.75, 3.05) is 53.6 Å². The highest BCUT2D eigenvalue weighted by Crippen LogP contribution is 2.57. The minimum absolute atomic E-state index is 0.0865. The number of primary amides is 2. The number of piperazine rings is 2. The van der Waals surface area contributed by atoms with Crippen molar-refractivity contribution in [2.45, 2.75) is 85.6 Å². The molecule has 58 heavy (non-hydrogen) atoms. The van der Waals surface area contributed by atoms with Gasteiger partial charge in [-0.1, -0.05) is 34.4 Å². The maximum absolute atomic E-state index is 14.3. The quantitative estimate of drug-likeness (QED) is 0.0834. The van der Waals surface area contributed by atoms with E-state index in [0.29, 0.717) is 48.7 Å². The van der Waals surface area contributed by atoms with Gasteiger partial charge < -0.3 is 61.5 Å². The number of nitrogens with two attached hydrogens (primary N) is 2. The van der Waals surface area contributed by atoms with Gasteiger partial charge in [-0.2, -0.15) is 0 Å². The molecule has 312 valence electrons. The minimum atomic E-state index is -1.05. The molecule has 0 aromatic rings. The van der Waals surface area contributed by atoms with Gasteiger partial charge in [0.05, 0.1) is 46.7 Å². The average molecular weight is 841 g/mol. The van der Waals surface area contributed by atoms with Crippen molar-refractivity contribution >= 4 is 56.9 Å². The standard InChI is InChI=1S/C38H48N8O10S2/c1-15-25(31(49)23-19(13-55-35(39)51)37(53-3)33-21(43-33)11-45(37)27(23)29(15)47)41-9-17-7-5-6-8-18(58-57-17)10-42-26-16(2)30(48)28-24(32(26)50)20(14-56-36(40)52)38(54-4)34-22(44-34)12-46(28)38/h17-22,33-34,41-44H,5-14H2,1-4H3,(H2,39,51)(H2,40,52)/t17?,18?,19-,20-,21+,22+,33+,34+,37-,38-/m1/s1. The summed E-state index contributed by atoms with van der Waals surface area (Å²) >= 11 is 0. The Hall–Kier alpha value is -4.08. The number of hydrogen-bond acceptors (Lipinski definition) is 18. The van der Waals surface area contributed by atoms with Crippen LogP contribution in [0, 0.1) is 11.8 Å². The maximum Gasteiger partial charge on any atom is 0.404 e. The van der Waals surface area contributed by atoms with E-state index in [1.165, 1.54) is 14.2 Å². The number of hydrogen-bond donors (Lipinski definition) is 6. The van der Waals surface area contributed by atoms with Gasteiger partial charge in [-0.3, -0.25) is 19.2 Å². The van der Waals surface area contributed by atoms with Gasteiger partial charge in [0.2, 0.25) is 23.1 Å². The van der Waals surface area contributed by atoms with E-state index in [9.17, 15) is 28.8 Å². The van der Waals surface area contributed by atoms with Crippen LogP contribution in [0.1, 0.15) is 39.5 Å². The third-order valence-electron chi connectivity index (χ3n) is 13.5.